The van der Waals surface area contributed by atoms with Crippen LogP contribution in [0.15, 0.2) is 66.7 Å². The predicted octanol–water partition coefficient (Wildman–Crippen LogP) is 4.15. The Morgan fingerprint density at radius 2 is 1.46 bits per heavy atom. The standard InChI is InChI=1S/C21H19NO2/c23-20-11-17-10-19(22-13-18(17)12-21(20)24)16-8-4-7-15(9-16)14-5-2-1-3-6-14/h1-9,11-12,19,22-24H,10,13H2. The second kappa shape index (κ2) is 6.02. The fourth-order valence-corrected chi connectivity index (χ4v) is 3.34. The van der Waals surface area contributed by atoms with Crippen molar-refractivity contribution in [2.75, 3.05) is 0 Å². The number of phenolic OH excluding ortho intramolecular Hbond substituents is 2. The van der Waals surface area contributed by atoms with Gasteiger partial charge >= 0.3 is 0 Å². The number of aromatic hydroxyl groups is 2. The summed E-state index contributed by atoms with van der Waals surface area (Å²) in [6.07, 6.45) is 0.793. The average Bonchev–Trinajstić information content (AvgIpc) is 2.63. The fourth-order valence-electron chi connectivity index (χ4n) is 3.34. The lowest BCUT2D eigenvalue weighted by molar-refractivity contribution is 0.399. The van der Waals surface area contributed by atoms with Crippen molar-refractivity contribution in [2.45, 2.75) is 19.0 Å². The Bertz CT molecular complexity index is 874. The molecule has 3 aromatic carbocycles. The number of nitrogens with one attached hydrogen (secondary N) is 1. The largest absolute Gasteiger partial charge is 0.504 e. The maximum Gasteiger partial charge on any atom is 0.157 e. The third-order valence-electron chi connectivity index (χ3n) is 4.66. The van der Waals surface area contributed by atoms with E-state index in [4.69, 9.17) is 0 Å². The molecule has 4 rings (SSSR count). The van der Waals surface area contributed by atoms with E-state index >= 15 is 0 Å². The molecule has 0 aromatic heterocycles. The van der Waals surface area contributed by atoms with Gasteiger partial charge in [-0.2, -0.15) is 0 Å². The van der Waals surface area contributed by atoms with E-state index in [1.165, 1.54) is 16.7 Å². The molecule has 3 N–H and O–H groups in total. The maximum atomic E-state index is 9.75. The van der Waals surface area contributed by atoms with Crippen molar-refractivity contribution in [3.63, 3.8) is 0 Å². The highest BCUT2D eigenvalue weighted by molar-refractivity contribution is 5.64. The van der Waals surface area contributed by atoms with E-state index in [9.17, 15) is 10.2 Å². The van der Waals surface area contributed by atoms with Crippen molar-refractivity contribution < 1.29 is 10.2 Å². The molecule has 0 spiro atoms. The average molecular weight is 317 g/mol. The first-order valence-electron chi connectivity index (χ1n) is 8.13. The molecule has 0 saturated heterocycles. The molecule has 0 radical (unpaired) electrons. The van der Waals surface area contributed by atoms with E-state index in [1.54, 1.807) is 12.1 Å². The van der Waals surface area contributed by atoms with Gasteiger partial charge in [0.2, 0.25) is 0 Å². The lowest BCUT2D eigenvalue weighted by Crippen LogP contribution is -2.28. The molecule has 24 heavy (non-hydrogen) atoms. The molecular weight excluding hydrogens is 298 g/mol. The van der Waals surface area contributed by atoms with Gasteiger partial charge in [-0.3, -0.25) is 0 Å². The van der Waals surface area contributed by atoms with Crippen LogP contribution in [0.4, 0.5) is 0 Å². The summed E-state index contributed by atoms with van der Waals surface area (Å²) in [7, 11) is 0. The smallest absolute Gasteiger partial charge is 0.157 e. The minimum atomic E-state index is -0.0555. The molecule has 1 atom stereocenters. The molecule has 0 saturated carbocycles. The summed E-state index contributed by atoms with van der Waals surface area (Å²) >= 11 is 0. The van der Waals surface area contributed by atoms with Crippen molar-refractivity contribution in [2.24, 2.45) is 0 Å². The zero-order valence-corrected chi connectivity index (χ0v) is 13.2. The second-order valence-corrected chi connectivity index (χ2v) is 6.24. The molecule has 3 heteroatoms. The van der Waals surface area contributed by atoms with Crippen LogP contribution in [0, 0.1) is 0 Å². The molecule has 0 fully saturated rings. The van der Waals surface area contributed by atoms with Gasteiger partial charge in [-0.25, -0.2) is 0 Å². The van der Waals surface area contributed by atoms with Gasteiger partial charge in [0.05, 0.1) is 0 Å². The summed E-state index contributed by atoms with van der Waals surface area (Å²) in [4.78, 5) is 0. The van der Waals surface area contributed by atoms with Gasteiger partial charge in [-0.15, -0.1) is 0 Å². The van der Waals surface area contributed by atoms with Gasteiger partial charge in [-0.1, -0.05) is 48.5 Å². The third-order valence-corrected chi connectivity index (χ3v) is 4.66. The van der Waals surface area contributed by atoms with Crippen molar-refractivity contribution in [3.05, 3.63) is 83.4 Å². The summed E-state index contributed by atoms with van der Waals surface area (Å²) < 4.78 is 0. The number of benzene rings is 3. The molecule has 120 valence electrons. The lowest BCUT2D eigenvalue weighted by atomic mass is 9.90. The Balaban J connectivity index is 1.64. The molecule has 1 heterocycles. The van der Waals surface area contributed by atoms with Crippen molar-refractivity contribution in [1.29, 1.82) is 0 Å². The van der Waals surface area contributed by atoms with Crippen LogP contribution in [0.5, 0.6) is 11.5 Å². The van der Waals surface area contributed by atoms with Crippen LogP contribution < -0.4 is 5.32 Å². The van der Waals surface area contributed by atoms with Crippen LogP contribution in [0.1, 0.15) is 22.7 Å². The summed E-state index contributed by atoms with van der Waals surface area (Å²) in [5.74, 6) is -0.104. The second-order valence-electron chi connectivity index (χ2n) is 6.24. The van der Waals surface area contributed by atoms with Gasteiger partial charge in [0, 0.05) is 12.6 Å². The van der Waals surface area contributed by atoms with Gasteiger partial charge < -0.3 is 15.5 Å². The number of rotatable bonds is 2. The Labute approximate surface area is 141 Å². The molecular formula is C21H19NO2. The van der Waals surface area contributed by atoms with Crippen molar-refractivity contribution in [1.82, 2.24) is 5.32 Å². The van der Waals surface area contributed by atoms with Crippen LogP contribution in [0.2, 0.25) is 0 Å². The quantitative estimate of drug-likeness (QED) is 0.622. The summed E-state index contributed by atoms with van der Waals surface area (Å²) in [6.45, 7) is 0.684. The first-order chi connectivity index (χ1) is 11.7. The number of hydrogen-bond donors (Lipinski definition) is 3. The molecule has 1 unspecified atom stereocenters. The fraction of sp³-hybridized carbons (Fsp3) is 0.143. The minimum Gasteiger partial charge on any atom is -0.504 e. The van der Waals surface area contributed by atoms with E-state index in [0.29, 0.717) is 6.54 Å². The van der Waals surface area contributed by atoms with E-state index in [1.807, 2.05) is 18.2 Å². The van der Waals surface area contributed by atoms with Gasteiger partial charge in [0.25, 0.3) is 0 Å². The van der Waals surface area contributed by atoms with E-state index in [-0.39, 0.29) is 17.5 Å². The maximum absolute atomic E-state index is 9.75. The molecule has 3 nitrogen and oxygen atoms in total. The van der Waals surface area contributed by atoms with Crippen molar-refractivity contribution >= 4 is 0 Å². The highest BCUT2D eigenvalue weighted by Crippen LogP contribution is 2.34. The van der Waals surface area contributed by atoms with Crippen LogP contribution in [-0.2, 0) is 13.0 Å². The third kappa shape index (κ3) is 2.74. The molecule has 0 amide bonds. The highest BCUT2D eigenvalue weighted by atomic mass is 16.3. The summed E-state index contributed by atoms with van der Waals surface area (Å²) in [5.41, 5.74) is 5.77. The lowest BCUT2D eigenvalue weighted by Gasteiger charge is -2.27. The topological polar surface area (TPSA) is 52.5 Å². The Morgan fingerprint density at radius 3 is 2.25 bits per heavy atom. The van der Waals surface area contributed by atoms with Crippen LogP contribution in [0.25, 0.3) is 11.1 Å². The van der Waals surface area contributed by atoms with Gasteiger partial charge in [-0.05, 0) is 52.4 Å². The van der Waals surface area contributed by atoms with Gasteiger partial charge in [0.1, 0.15) is 0 Å². The Kier molecular flexibility index (Phi) is 3.71. The first-order valence-corrected chi connectivity index (χ1v) is 8.13. The normalized spacial score (nSPS) is 16.6. The van der Waals surface area contributed by atoms with Crippen molar-refractivity contribution in [3.8, 4) is 22.6 Å². The zero-order chi connectivity index (χ0) is 16.5. The molecule has 1 aliphatic rings. The number of fused-ring (bicyclic) bond motifs is 1. The molecule has 3 aromatic rings. The first kappa shape index (κ1) is 14.8. The number of hydrogen-bond acceptors (Lipinski definition) is 3. The van der Waals surface area contributed by atoms with Crippen LogP contribution in [0.3, 0.4) is 0 Å². The SMILES string of the molecule is Oc1cc2c(cc1O)CC(c1cccc(-c3ccccc3)c1)NC2. The molecule has 1 aliphatic heterocycles. The van der Waals surface area contributed by atoms with E-state index in [0.717, 1.165) is 17.5 Å². The minimum absolute atomic E-state index is 0.0487. The Morgan fingerprint density at radius 1 is 0.750 bits per heavy atom. The summed E-state index contributed by atoms with van der Waals surface area (Å²) in [5, 5.41) is 22.9. The molecule has 0 aliphatic carbocycles. The Hall–Kier alpha value is -2.78. The van der Waals surface area contributed by atoms with Gasteiger partial charge in [0.15, 0.2) is 11.5 Å². The van der Waals surface area contributed by atoms with E-state index in [2.05, 4.69) is 41.7 Å². The van der Waals surface area contributed by atoms with Crippen LogP contribution >= 0.6 is 0 Å². The highest BCUT2D eigenvalue weighted by Gasteiger charge is 2.21. The zero-order valence-electron chi connectivity index (χ0n) is 13.2. The summed E-state index contributed by atoms with van der Waals surface area (Å²) in [6, 6.07) is 22.4. The van der Waals surface area contributed by atoms with Crippen LogP contribution in [-0.4, -0.2) is 10.2 Å². The van der Waals surface area contributed by atoms with E-state index < -0.39 is 0 Å². The predicted molar refractivity (Wildman–Crippen MR) is 94.9 cm³/mol. The monoisotopic (exact) mass is 317 g/mol. The number of phenols is 2. The molecule has 0 bridgehead atoms.